The van der Waals surface area contributed by atoms with Crippen LogP contribution < -0.4 is 14.8 Å². The van der Waals surface area contributed by atoms with Crippen molar-refractivity contribution in [3.05, 3.63) is 23.8 Å². The molecular weight excluding hydrogens is 392 g/mol. The van der Waals surface area contributed by atoms with Crippen LogP contribution in [0.3, 0.4) is 0 Å². The molecule has 1 N–H and O–H groups in total. The molecule has 1 aliphatic heterocycles. The highest BCUT2D eigenvalue weighted by atomic mass is 16.5. The molecule has 3 rings (SSSR count). The Morgan fingerprint density at radius 2 is 1.94 bits per heavy atom. The summed E-state index contributed by atoms with van der Waals surface area (Å²) in [6, 6.07) is 5.80. The number of carbonyl (C=O) groups excluding carboxylic acids is 2. The maximum Gasteiger partial charge on any atom is 0.239 e. The van der Waals surface area contributed by atoms with Crippen LogP contribution in [-0.2, 0) is 16.1 Å². The van der Waals surface area contributed by atoms with Gasteiger partial charge in [0.2, 0.25) is 11.8 Å². The second kappa shape index (κ2) is 12.6. The quantitative estimate of drug-likeness (QED) is 0.749. The Balaban J connectivity index is 1.77. The average Bonchev–Trinajstić information content (AvgIpc) is 2.79. The number of ether oxygens (including phenoxy) is 2. The highest BCUT2D eigenvalue weighted by Crippen LogP contribution is 2.33. The molecule has 0 aromatic heterocycles. The van der Waals surface area contributed by atoms with E-state index in [-0.39, 0.29) is 18.4 Å². The van der Waals surface area contributed by atoms with Gasteiger partial charge in [0.15, 0.2) is 11.5 Å². The minimum absolute atomic E-state index is 0.0448. The zero-order chi connectivity index (χ0) is 21.9. The molecule has 172 valence electrons. The zero-order valence-electron chi connectivity index (χ0n) is 19.0. The van der Waals surface area contributed by atoms with Crippen LogP contribution in [0.25, 0.3) is 0 Å². The lowest BCUT2D eigenvalue weighted by atomic mass is 9.86. The lowest BCUT2D eigenvalue weighted by molar-refractivity contribution is -0.137. The number of rotatable bonds is 5. The zero-order valence-corrected chi connectivity index (χ0v) is 19.0. The van der Waals surface area contributed by atoms with Crippen LogP contribution in [0.5, 0.6) is 11.5 Å². The molecule has 2 aliphatic rings. The van der Waals surface area contributed by atoms with Gasteiger partial charge in [-0.25, -0.2) is 0 Å². The van der Waals surface area contributed by atoms with Gasteiger partial charge in [0.25, 0.3) is 0 Å². The fraction of sp³-hybridized carbons (Fsp3) is 0.680. The summed E-state index contributed by atoms with van der Waals surface area (Å²) in [5.74, 6) is 2.00. The number of hydrogen-bond acceptors (Lipinski definition) is 4. The molecule has 0 bridgehead atoms. The molecule has 0 spiro atoms. The van der Waals surface area contributed by atoms with E-state index in [1.165, 1.54) is 32.1 Å². The van der Waals surface area contributed by atoms with Crippen LogP contribution in [0, 0.1) is 5.92 Å². The van der Waals surface area contributed by atoms with E-state index in [2.05, 4.69) is 5.32 Å². The van der Waals surface area contributed by atoms with Crippen LogP contribution >= 0.6 is 0 Å². The lowest BCUT2D eigenvalue weighted by Gasteiger charge is -2.26. The van der Waals surface area contributed by atoms with Crippen LogP contribution in [-0.4, -0.2) is 43.0 Å². The van der Waals surface area contributed by atoms with Gasteiger partial charge in [-0.05, 0) is 44.6 Å². The predicted molar refractivity (Wildman–Crippen MR) is 121 cm³/mol. The van der Waals surface area contributed by atoms with Crippen LogP contribution in [0.1, 0.15) is 76.7 Å². The van der Waals surface area contributed by atoms with Crippen LogP contribution in [0.4, 0.5) is 0 Å². The van der Waals surface area contributed by atoms with Gasteiger partial charge in [0, 0.05) is 25.1 Å². The molecule has 1 aliphatic carbocycles. The minimum atomic E-state index is -0.0892. The Labute approximate surface area is 186 Å². The van der Waals surface area contributed by atoms with Gasteiger partial charge in [-0.3, -0.25) is 9.59 Å². The van der Waals surface area contributed by atoms with E-state index >= 15 is 0 Å². The Bertz CT molecular complexity index is 715. The molecule has 31 heavy (non-hydrogen) atoms. The van der Waals surface area contributed by atoms with Crippen molar-refractivity contribution < 1.29 is 19.1 Å². The van der Waals surface area contributed by atoms with Crippen molar-refractivity contribution in [2.24, 2.45) is 5.92 Å². The summed E-state index contributed by atoms with van der Waals surface area (Å²) in [4.78, 5) is 27.4. The topological polar surface area (TPSA) is 67.9 Å². The Kier molecular flexibility index (Phi) is 9.50. The number of para-hydroxylation sites is 1. The molecule has 0 unspecified atom stereocenters. The third kappa shape index (κ3) is 7.44. The van der Waals surface area contributed by atoms with E-state index < -0.39 is 0 Å². The Morgan fingerprint density at radius 3 is 2.74 bits per heavy atom. The van der Waals surface area contributed by atoms with Gasteiger partial charge in [-0.1, -0.05) is 44.2 Å². The second-order valence-corrected chi connectivity index (χ2v) is 8.73. The average molecular weight is 431 g/mol. The van der Waals surface area contributed by atoms with Crippen molar-refractivity contribution in [2.45, 2.75) is 77.7 Å². The number of nitrogens with zero attached hydrogens (tertiary/aromatic N) is 1. The third-order valence-corrected chi connectivity index (χ3v) is 6.29. The summed E-state index contributed by atoms with van der Waals surface area (Å²) < 4.78 is 11.9. The van der Waals surface area contributed by atoms with E-state index in [9.17, 15) is 9.59 Å². The Morgan fingerprint density at radius 1 is 1.13 bits per heavy atom. The van der Waals surface area contributed by atoms with Crippen molar-refractivity contribution in [1.29, 1.82) is 0 Å². The molecule has 1 heterocycles. The van der Waals surface area contributed by atoms with Crippen molar-refractivity contribution >= 4 is 11.8 Å². The summed E-state index contributed by atoms with van der Waals surface area (Å²) in [6.07, 6.45) is 10.5. The maximum absolute atomic E-state index is 13.2. The molecule has 1 aromatic carbocycles. The predicted octanol–water partition coefficient (Wildman–Crippen LogP) is 4.45. The first-order valence-corrected chi connectivity index (χ1v) is 12.1. The molecular formula is C25H38N2O4. The lowest BCUT2D eigenvalue weighted by Crippen LogP contribution is -2.40. The van der Waals surface area contributed by atoms with Gasteiger partial charge in [-0.2, -0.15) is 0 Å². The first-order chi connectivity index (χ1) is 15.2. The molecule has 1 saturated carbocycles. The normalized spacial score (nSPS) is 19.1. The summed E-state index contributed by atoms with van der Waals surface area (Å²) >= 11 is 0. The van der Waals surface area contributed by atoms with Gasteiger partial charge in [0.1, 0.15) is 0 Å². The van der Waals surface area contributed by atoms with E-state index in [1.54, 1.807) is 4.90 Å². The van der Waals surface area contributed by atoms with E-state index in [0.717, 1.165) is 31.2 Å². The van der Waals surface area contributed by atoms with Crippen molar-refractivity contribution in [3.8, 4) is 11.5 Å². The van der Waals surface area contributed by atoms with Crippen molar-refractivity contribution in [1.82, 2.24) is 10.2 Å². The summed E-state index contributed by atoms with van der Waals surface area (Å²) in [5.41, 5.74) is 0.893. The van der Waals surface area contributed by atoms with Gasteiger partial charge >= 0.3 is 0 Å². The van der Waals surface area contributed by atoms with E-state index in [1.807, 2.05) is 25.1 Å². The molecule has 1 fully saturated rings. The first-order valence-electron chi connectivity index (χ1n) is 12.1. The molecule has 1 aromatic rings. The molecule has 2 amide bonds. The highest BCUT2D eigenvalue weighted by Gasteiger charge is 2.23. The number of amides is 2. The molecule has 0 saturated heterocycles. The molecule has 6 nitrogen and oxygen atoms in total. The number of carbonyl (C=O) groups is 2. The first kappa shape index (κ1) is 23.4. The highest BCUT2D eigenvalue weighted by molar-refractivity contribution is 5.84. The van der Waals surface area contributed by atoms with Gasteiger partial charge in [0.05, 0.1) is 19.8 Å². The van der Waals surface area contributed by atoms with E-state index in [4.69, 9.17) is 9.47 Å². The number of fused-ring (bicyclic) bond motifs is 1. The number of hydrogen-bond donors (Lipinski definition) is 1. The molecule has 6 heteroatoms. The summed E-state index contributed by atoms with van der Waals surface area (Å²) in [5, 5.41) is 2.97. The van der Waals surface area contributed by atoms with Crippen molar-refractivity contribution in [2.75, 3.05) is 26.3 Å². The maximum atomic E-state index is 13.2. The Hall–Kier alpha value is -2.24. The third-order valence-electron chi connectivity index (χ3n) is 6.29. The fourth-order valence-corrected chi connectivity index (χ4v) is 4.55. The molecule has 0 atom stereocenters. The standard InChI is InChI=1S/C25H38N2O4/c1-2-30-22-13-9-12-21-18-27(24(29)15-14-20-10-5-3-6-11-20)19-23(28)26-16-7-4-8-17-31-25(21)22/h9,12-13,20H,2-8,10-11,14-19H2,1H3,(H,26,28). The largest absolute Gasteiger partial charge is 0.490 e. The smallest absolute Gasteiger partial charge is 0.239 e. The molecule has 0 radical (unpaired) electrons. The summed E-state index contributed by atoms with van der Waals surface area (Å²) in [6.45, 7) is 4.17. The number of benzene rings is 1. The summed E-state index contributed by atoms with van der Waals surface area (Å²) in [7, 11) is 0. The van der Waals surface area contributed by atoms with Crippen LogP contribution in [0.15, 0.2) is 18.2 Å². The SMILES string of the molecule is CCOc1cccc2c1OCCCCCNC(=O)CN(C(=O)CCC1CCCCC1)C2. The van der Waals surface area contributed by atoms with Gasteiger partial charge in [-0.15, -0.1) is 0 Å². The number of nitrogens with one attached hydrogen (secondary N) is 1. The van der Waals surface area contributed by atoms with E-state index in [0.29, 0.717) is 50.1 Å². The van der Waals surface area contributed by atoms with Gasteiger partial charge < -0.3 is 19.7 Å². The fourth-order valence-electron chi connectivity index (χ4n) is 4.55. The second-order valence-electron chi connectivity index (χ2n) is 8.73. The monoisotopic (exact) mass is 430 g/mol. The minimum Gasteiger partial charge on any atom is -0.490 e. The van der Waals surface area contributed by atoms with Crippen LogP contribution in [0.2, 0.25) is 0 Å². The van der Waals surface area contributed by atoms with Crippen molar-refractivity contribution in [3.63, 3.8) is 0 Å².